The van der Waals surface area contributed by atoms with Gasteiger partial charge in [0, 0.05) is 26.9 Å². The first-order valence-corrected chi connectivity index (χ1v) is 6.56. The third kappa shape index (κ3) is 3.44. The number of hydrogen-bond acceptors (Lipinski definition) is 3. The Bertz CT molecular complexity index is 179. The maximum Gasteiger partial charge on any atom is 0.0830 e. The van der Waals surface area contributed by atoms with E-state index < -0.39 is 0 Å². The minimum absolute atomic E-state index is 0.0871. The number of nitrogens with one attached hydrogen (secondary N) is 1. The fourth-order valence-electron chi connectivity index (χ4n) is 2.90. The van der Waals surface area contributed by atoms with E-state index in [2.05, 4.69) is 12.2 Å². The number of hydrogen-bond donors (Lipinski definition) is 1. The second-order valence-corrected chi connectivity index (χ2v) is 4.72. The molecule has 1 saturated carbocycles. The molecule has 1 N–H and O–H groups in total. The molecule has 1 aliphatic carbocycles. The lowest BCUT2D eigenvalue weighted by atomic mass is 9.88. The SMILES string of the molecule is CCNC(CCCOC)C1(OC)CCCC1. The van der Waals surface area contributed by atoms with Gasteiger partial charge in [-0.15, -0.1) is 0 Å². The predicted molar refractivity (Wildman–Crippen MR) is 66.8 cm³/mol. The lowest BCUT2D eigenvalue weighted by Crippen LogP contribution is -2.50. The molecule has 3 nitrogen and oxygen atoms in total. The monoisotopic (exact) mass is 229 g/mol. The third-order valence-corrected chi connectivity index (χ3v) is 3.78. The lowest BCUT2D eigenvalue weighted by Gasteiger charge is -2.37. The molecule has 0 aromatic carbocycles. The van der Waals surface area contributed by atoms with E-state index in [1.54, 1.807) is 7.11 Å². The summed E-state index contributed by atoms with van der Waals surface area (Å²) in [6.07, 6.45) is 7.27. The molecule has 0 bridgehead atoms. The Hall–Kier alpha value is -0.120. The summed E-state index contributed by atoms with van der Waals surface area (Å²) >= 11 is 0. The number of methoxy groups -OCH3 is 2. The highest BCUT2D eigenvalue weighted by atomic mass is 16.5. The summed E-state index contributed by atoms with van der Waals surface area (Å²) in [6, 6.07) is 0.486. The van der Waals surface area contributed by atoms with Crippen LogP contribution in [0.5, 0.6) is 0 Å². The average Bonchev–Trinajstić information content (AvgIpc) is 2.78. The highest BCUT2D eigenvalue weighted by Gasteiger charge is 2.40. The second-order valence-electron chi connectivity index (χ2n) is 4.72. The van der Waals surface area contributed by atoms with E-state index in [9.17, 15) is 0 Å². The van der Waals surface area contributed by atoms with Gasteiger partial charge in [0.15, 0.2) is 0 Å². The minimum Gasteiger partial charge on any atom is -0.385 e. The van der Waals surface area contributed by atoms with Crippen molar-refractivity contribution in [3.05, 3.63) is 0 Å². The predicted octanol–water partition coefficient (Wildman–Crippen LogP) is 2.35. The van der Waals surface area contributed by atoms with Crippen LogP contribution >= 0.6 is 0 Å². The summed E-state index contributed by atoms with van der Waals surface area (Å²) in [6.45, 7) is 4.03. The summed E-state index contributed by atoms with van der Waals surface area (Å²) in [5.74, 6) is 0. The third-order valence-electron chi connectivity index (χ3n) is 3.78. The molecule has 1 atom stereocenters. The van der Waals surface area contributed by atoms with E-state index in [4.69, 9.17) is 9.47 Å². The second kappa shape index (κ2) is 7.25. The number of rotatable bonds is 8. The van der Waals surface area contributed by atoms with Gasteiger partial charge in [0.2, 0.25) is 0 Å². The quantitative estimate of drug-likeness (QED) is 0.648. The standard InChI is InChI=1S/C13H27NO2/c1-4-14-12(8-7-11-15-2)13(16-3)9-5-6-10-13/h12,14H,4-11H2,1-3H3. The van der Waals surface area contributed by atoms with Crippen molar-refractivity contribution in [2.24, 2.45) is 0 Å². The molecule has 1 rings (SSSR count). The summed E-state index contributed by atoms with van der Waals surface area (Å²) in [4.78, 5) is 0. The molecule has 16 heavy (non-hydrogen) atoms. The van der Waals surface area contributed by atoms with E-state index in [1.165, 1.54) is 25.7 Å². The summed E-state index contributed by atoms with van der Waals surface area (Å²) < 4.78 is 11.0. The molecule has 1 aliphatic rings. The van der Waals surface area contributed by atoms with Gasteiger partial charge in [0.25, 0.3) is 0 Å². The van der Waals surface area contributed by atoms with Crippen molar-refractivity contribution in [3.8, 4) is 0 Å². The summed E-state index contributed by atoms with van der Waals surface area (Å²) in [7, 11) is 3.63. The first-order valence-electron chi connectivity index (χ1n) is 6.56. The maximum absolute atomic E-state index is 5.84. The fourth-order valence-corrected chi connectivity index (χ4v) is 2.90. The van der Waals surface area contributed by atoms with Gasteiger partial charge in [-0.2, -0.15) is 0 Å². The molecule has 3 heteroatoms. The molecular weight excluding hydrogens is 202 g/mol. The molecule has 96 valence electrons. The van der Waals surface area contributed by atoms with Gasteiger partial charge in [-0.25, -0.2) is 0 Å². The van der Waals surface area contributed by atoms with Crippen LogP contribution in [0, 0.1) is 0 Å². The fraction of sp³-hybridized carbons (Fsp3) is 1.00. The van der Waals surface area contributed by atoms with Crippen molar-refractivity contribution in [1.82, 2.24) is 5.32 Å². The summed E-state index contributed by atoms with van der Waals surface area (Å²) in [5.41, 5.74) is 0.0871. The lowest BCUT2D eigenvalue weighted by molar-refractivity contribution is -0.0389. The van der Waals surface area contributed by atoms with Crippen LogP contribution < -0.4 is 5.32 Å². The molecule has 0 saturated heterocycles. The van der Waals surface area contributed by atoms with Crippen LogP contribution in [0.3, 0.4) is 0 Å². The largest absolute Gasteiger partial charge is 0.385 e. The highest BCUT2D eigenvalue weighted by Crippen LogP contribution is 2.37. The van der Waals surface area contributed by atoms with Gasteiger partial charge >= 0.3 is 0 Å². The average molecular weight is 229 g/mol. The van der Waals surface area contributed by atoms with Crippen LogP contribution in [0.15, 0.2) is 0 Å². The Balaban J connectivity index is 2.51. The Morgan fingerprint density at radius 3 is 2.44 bits per heavy atom. The van der Waals surface area contributed by atoms with E-state index in [1.807, 2.05) is 7.11 Å². The molecule has 0 amide bonds. The van der Waals surface area contributed by atoms with Gasteiger partial charge in [-0.3, -0.25) is 0 Å². The van der Waals surface area contributed by atoms with Crippen molar-refractivity contribution >= 4 is 0 Å². The molecule has 0 radical (unpaired) electrons. The van der Waals surface area contributed by atoms with Crippen molar-refractivity contribution in [2.45, 2.75) is 57.1 Å². The van der Waals surface area contributed by atoms with Crippen LogP contribution in [-0.2, 0) is 9.47 Å². The maximum atomic E-state index is 5.84. The van der Waals surface area contributed by atoms with Gasteiger partial charge in [-0.05, 0) is 32.2 Å². The smallest absolute Gasteiger partial charge is 0.0830 e. The van der Waals surface area contributed by atoms with Crippen molar-refractivity contribution in [1.29, 1.82) is 0 Å². The Labute approximate surface area is 99.9 Å². The Kier molecular flexibility index (Phi) is 6.32. The Morgan fingerprint density at radius 2 is 1.94 bits per heavy atom. The van der Waals surface area contributed by atoms with E-state index in [0.717, 1.165) is 26.0 Å². The van der Waals surface area contributed by atoms with Crippen LogP contribution in [0.25, 0.3) is 0 Å². The van der Waals surface area contributed by atoms with Crippen LogP contribution in [-0.4, -0.2) is 39.0 Å². The first-order chi connectivity index (χ1) is 7.79. The Morgan fingerprint density at radius 1 is 1.25 bits per heavy atom. The van der Waals surface area contributed by atoms with Gasteiger partial charge < -0.3 is 14.8 Å². The normalized spacial score (nSPS) is 21.2. The van der Waals surface area contributed by atoms with Gasteiger partial charge in [0.1, 0.15) is 0 Å². The number of likely N-dealkylation sites (N-methyl/N-ethyl adjacent to an activating group) is 1. The molecule has 0 spiro atoms. The number of ether oxygens (including phenoxy) is 2. The van der Waals surface area contributed by atoms with E-state index >= 15 is 0 Å². The van der Waals surface area contributed by atoms with Gasteiger partial charge in [0.05, 0.1) is 5.60 Å². The molecule has 0 aromatic rings. The van der Waals surface area contributed by atoms with Crippen LogP contribution in [0.1, 0.15) is 45.4 Å². The van der Waals surface area contributed by atoms with Crippen LogP contribution in [0.4, 0.5) is 0 Å². The highest BCUT2D eigenvalue weighted by molar-refractivity contribution is 4.96. The zero-order valence-corrected chi connectivity index (χ0v) is 11.1. The zero-order chi connectivity index (χ0) is 11.9. The van der Waals surface area contributed by atoms with Gasteiger partial charge in [-0.1, -0.05) is 19.8 Å². The van der Waals surface area contributed by atoms with E-state index in [-0.39, 0.29) is 5.60 Å². The molecular formula is C13H27NO2. The molecule has 0 heterocycles. The van der Waals surface area contributed by atoms with Crippen molar-refractivity contribution in [3.63, 3.8) is 0 Å². The summed E-state index contributed by atoms with van der Waals surface area (Å²) in [5, 5.41) is 3.59. The minimum atomic E-state index is 0.0871. The van der Waals surface area contributed by atoms with Crippen LogP contribution in [0.2, 0.25) is 0 Å². The molecule has 1 fully saturated rings. The molecule has 0 aliphatic heterocycles. The first kappa shape index (κ1) is 13.9. The van der Waals surface area contributed by atoms with E-state index in [0.29, 0.717) is 6.04 Å². The zero-order valence-electron chi connectivity index (χ0n) is 11.1. The van der Waals surface area contributed by atoms with Crippen molar-refractivity contribution in [2.75, 3.05) is 27.4 Å². The van der Waals surface area contributed by atoms with Crippen molar-refractivity contribution < 1.29 is 9.47 Å². The topological polar surface area (TPSA) is 30.5 Å². The molecule has 0 aromatic heterocycles. The molecule has 1 unspecified atom stereocenters.